The molecular formula is C27H23F2NO5. The van der Waals surface area contributed by atoms with Crippen molar-refractivity contribution in [2.24, 2.45) is 5.92 Å². The summed E-state index contributed by atoms with van der Waals surface area (Å²) in [6, 6.07) is 16.6. The first kappa shape index (κ1) is 24.2. The number of aliphatic hydroxyl groups excluding tert-OH is 1. The number of carbonyl (C=O) groups excluding carboxylic acids is 2. The summed E-state index contributed by atoms with van der Waals surface area (Å²) >= 11 is 0. The highest BCUT2D eigenvalue weighted by Crippen LogP contribution is 2.26. The van der Waals surface area contributed by atoms with Crippen LogP contribution in [0.15, 0.2) is 66.7 Å². The van der Waals surface area contributed by atoms with Gasteiger partial charge >= 0.3 is 5.97 Å². The third-order valence-corrected chi connectivity index (χ3v) is 6.20. The standard InChI is InChI=1S/C27H23F2NO5/c28-19-13-18(14-20(29)15-19)17-8-5-16(6-9-17)7-10-24(31)23(27(34)35)11-12-30-25(32)21-3-1-2-4-22(21)26(30)33/h1-6,8-9,13-15,23-24,31H,7,10-12H2,(H,34,35)/t23-,24-/m1/s1. The number of hydrogen-bond acceptors (Lipinski definition) is 4. The van der Waals surface area contributed by atoms with Crippen LogP contribution >= 0.6 is 0 Å². The van der Waals surface area contributed by atoms with Gasteiger partial charge < -0.3 is 10.2 Å². The molecule has 2 atom stereocenters. The molecule has 0 unspecified atom stereocenters. The van der Waals surface area contributed by atoms with Gasteiger partial charge in [-0.25, -0.2) is 8.78 Å². The van der Waals surface area contributed by atoms with Gasteiger partial charge in [-0.1, -0.05) is 36.4 Å². The molecule has 0 fully saturated rings. The van der Waals surface area contributed by atoms with Crippen molar-refractivity contribution >= 4 is 17.8 Å². The molecular weight excluding hydrogens is 456 g/mol. The van der Waals surface area contributed by atoms with E-state index in [4.69, 9.17) is 0 Å². The molecule has 180 valence electrons. The monoisotopic (exact) mass is 479 g/mol. The number of carbonyl (C=O) groups is 3. The number of aliphatic carboxylic acids is 1. The lowest BCUT2D eigenvalue weighted by molar-refractivity contribution is -0.146. The fraction of sp³-hybridized carbons (Fsp3) is 0.222. The Balaban J connectivity index is 1.35. The van der Waals surface area contributed by atoms with E-state index in [0.717, 1.165) is 16.5 Å². The molecule has 0 spiro atoms. The Morgan fingerprint density at radius 1 is 0.829 bits per heavy atom. The van der Waals surface area contributed by atoms with Crippen LogP contribution in [0.25, 0.3) is 11.1 Å². The first-order valence-corrected chi connectivity index (χ1v) is 11.2. The summed E-state index contributed by atoms with van der Waals surface area (Å²) in [7, 11) is 0. The van der Waals surface area contributed by atoms with Crippen LogP contribution in [-0.4, -0.2) is 45.5 Å². The van der Waals surface area contributed by atoms with Gasteiger partial charge in [0.1, 0.15) is 11.6 Å². The van der Waals surface area contributed by atoms with Gasteiger partial charge in [-0.15, -0.1) is 0 Å². The average molecular weight is 479 g/mol. The molecule has 2 N–H and O–H groups in total. The van der Waals surface area contributed by atoms with Crippen LogP contribution in [0.4, 0.5) is 8.78 Å². The Bertz CT molecular complexity index is 1220. The number of aryl methyl sites for hydroxylation is 1. The minimum atomic E-state index is -1.21. The van der Waals surface area contributed by atoms with Gasteiger partial charge in [0.25, 0.3) is 11.8 Å². The van der Waals surface area contributed by atoms with Crippen LogP contribution in [0.5, 0.6) is 0 Å². The van der Waals surface area contributed by atoms with Crippen molar-refractivity contribution in [1.29, 1.82) is 0 Å². The summed E-state index contributed by atoms with van der Waals surface area (Å²) in [6.45, 7) is -0.112. The summed E-state index contributed by atoms with van der Waals surface area (Å²) in [4.78, 5) is 37.8. The normalized spacial score (nSPS) is 14.7. The Morgan fingerprint density at radius 2 is 1.40 bits per heavy atom. The van der Waals surface area contributed by atoms with Crippen molar-refractivity contribution in [1.82, 2.24) is 4.90 Å². The minimum absolute atomic E-state index is 0.0773. The Kier molecular flexibility index (Phi) is 7.02. The highest BCUT2D eigenvalue weighted by Gasteiger charge is 2.36. The van der Waals surface area contributed by atoms with E-state index in [1.807, 2.05) is 0 Å². The predicted molar refractivity (Wildman–Crippen MR) is 124 cm³/mol. The van der Waals surface area contributed by atoms with Crippen molar-refractivity contribution in [2.75, 3.05) is 6.54 Å². The highest BCUT2D eigenvalue weighted by atomic mass is 19.1. The number of hydrogen-bond donors (Lipinski definition) is 2. The molecule has 6 nitrogen and oxygen atoms in total. The largest absolute Gasteiger partial charge is 0.481 e. The quantitative estimate of drug-likeness (QED) is 0.446. The van der Waals surface area contributed by atoms with Gasteiger partial charge in [0.2, 0.25) is 0 Å². The lowest BCUT2D eigenvalue weighted by Gasteiger charge is -2.22. The second-order valence-corrected chi connectivity index (χ2v) is 8.50. The molecule has 1 heterocycles. The number of carboxylic acid groups (broad SMARTS) is 1. The molecule has 35 heavy (non-hydrogen) atoms. The minimum Gasteiger partial charge on any atom is -0.481 e. The molecule has 8 heteroatoms. The van der Waals surface area contributed by atoms with Gasteiger partial charge in [-0.2, -0.15) is 0 Å². The molecule has 1 aliphatic rings. The van der Waals surface area contributed by atoms with Gasteiger partial charge in [0.05, 0.1) is 23.1 Å². The zero-order chi connectivity index (χ0) is 25.1. The highest BCUT2D eigenvalue weighted by molar-refractivity contribution is 6.21. The van der Waals surface area contributed by atoms with E-state index in [2.05, 4.69) is 0 Å². The van der Waals surface area contributed by atoms with E-state index in [0.29, 0.717) is 17.5 Å². The zero-order valence-electron chi connectivity index (χ0n) is 18.7. The Labute approximate surface area is 200 Å². The van der Waals surface area contributed by atoms with Crippen molar-refractivity contribution < 1.29 is 33.4 Å². The molecule has 0 bridgehead atoms. The van der Waals surface area contributed by atoms with E-state index in [9.17, 15) is 33.4 Å². The second kappa shape index (κ2) is 10.1. The smallest absolute Gasteiger partial charge is 0.309 e. The Hall–Kier alpha value is -3.91. The van der Waals surface area contributed by atoms with E-state index in [1.54, 1.807) is 48.5 Å². The number of amides is 2. The van der Waals surface area contributed by atoms with Crippen molar-refractivity contribution in [3.05, 3.63) is 95.1 Å². The number of benzene rings is 3. The molecule has 0 aromatic heterocycles. The summed E-state index contributed by atoms with van der Waals surface area (Å²) in [6.07, 6.45) is -0.755. The fourth-order valence-electron chi connectivity index (χ4n) is 4.29. The van der Waals surface area contributed by atoms with E-state index in [1.165, 1.54) is 12.1 Å². The molecule has 1 aliphatic heterocycles. The number of rotatable bonds is 9. The second-order valence-electron chi connectivity index (χ2n) is 8.50. The third-order valence-electron chi connectivity index (χ3n) is 6.20. The van der Waals surface area contributed by atoms with Gasteiger partial charge in [-0.3, -0.25) is 19.3 Å². The number of halogens is 2. The van der Waals surface area contributed by atoms with Crippen LogP contribution < -0.4 is 0 Å². The molecule has 0 aliphatic carbocycles. The molecule has 0 saturated heterocycles. The molecule has 3 aromatic rings. The molecule has 0 saturated carbocycles. The van der Waals surface area contributed by atoms with Crippen molar-refractivity contribution in [2.45, 2.75) is 25.4 Å². The Morgan fingerprint density at radius 3 is 1.94 bits per heavy atom. The predicted octanol–water partition coefficient (Wildman–Crippen LogP) is 4.31. The summed E-state index contributed by atoms with van der Waals surface area (Å²) in [5.74, 6) is -4.65. The molecule has 3 aromatic carbocycles. The maximum Gasteiger partial charge on any atom is 0.309 e. The van der Waals surface area contributed by atoms with Gasteiger partial charge in [0, 0.05) is 12.6 Å². The lowest BCUT2D eigenvalue weighted by Crippen LogP contribution is -2.36. The lowest BCUT2D eigenvalue weighted by atomic mass is 9.93. The van der Waals surface area contributed by atoms with Gasteiger partial charge in [0.15, 0.2) is 0 Å². The number of imide groups is 1. The summed E-state index contributed by atoms with van der Waals surface area (Å²) < 4.78 is 26.9. The summed E-state index contributed by atoms with van der Waals surface area (Å²) in [5, 5.41) is 20.2. The van der Waals surface area contributed by atoms with Crippen LogP contribution in [0.3, 0.4) is 0 Å². The SMILES string of the molecule is O=C(O)[C@H](CCN1C(=O)c2ccccc2C1=O)[C@H](O)CCc1ccc(-c2cc(F)cc(F)c2)cc1. The fourth-order valence-corrected chi connectivity index (χ4v) is 4.29. The molecule has 4 rings (SSSR count). The first-order valence-electron chi connectivity index (χ1n) is 11.2. The van der Waals surface area contributed by atoms with Crippen LogP contribution in [0, 0.1) is 17.6 Å². The van der Waals surface area contributed by atoms with Crippen molar-refractivity contribution in [3.8, 4) is 11.1 Å². The number of carboxylic acids is 1. The van der Waals surface area contributed by atoms with Crippen LogP contribution in [0.1, 0.15) is 39.1 Å². The van der Waals surface area contributed by atoms with E-state index < -0.39 is 41.4 Å². The maximum atomic E-state index is 13.5. The zero-order valence-corrected chi connectivity index (χ0v) is 18.7. The van der Waals surface area contributed by atoms with Crippen molar-refractivity contribution in [3.63, 3.8) is 0 Å². The van der Waals surface area contributed by atoms with E-state index in [-0.39, 0.29) is 30.5 Å². The molecule has 0 radical (unpaired) electrons. The maximum absolute atomic E-state index is 13.5. The van der Waals surface area contributed by atoms with E-state index >= 15 is 0 Å². The third kappa shape index (κ3) is 5.27. The van der Waals surface area contributed by atoms with Crippen LogP contribution in [0.2, 0.25) is 0 Å². The van der Waals surface area contributed by atoms with Gasteiger partial charge in [-0.05, 0) is 60.2 Å². The topological polar surface area (TPSA) is 94.9 Å². The summed E-state index contributed by atoms with van der Waals surface area (Å²) in [5.41, 5.74) is 2.41. The average Bonchev–Trinajstić information content (AvgIpc) is 3.07. The number of aliphatic hydroxyl groups is 1. The number of fused-ring (bicyclic) bond motifs is 1. The number of nitrogens with zero attached hydrogens (tertiary/aromatic N) is 1. The van der Waals surface area contributed by atoms with Crippen LogP contribution in [-0.2, 0) is 11.2 Å². The first-order chi connectivity index (χ1) is 16.7. The molecule has 2 amide bonds.